The first-order chi connectivity index (χ1) is 14.2. The van der Waals surface area contributed by atoms with Gasteiger partial charge in [-0.15, -0.1) is 10.2 Å². The van der Waals surface area contributed by atoms with Gasteiger partial charge >= 0.3 is 6.18 Å². The van der Waals surface area contributed by atoms with Crippen LogP contribution in [0.5, 0.6) is 0 Å². The van der Waals surface area contributed by atoms with Crippen molar-refractivity contribution in [3.63, 3.8) is 0 Å². The standard InChI is InChI=1S/C10H12N4OS.C8H6ClF4N.H2/c1-16-10-11-7-4-6-2-3-8(14(6)5-15)9(7)12-13-10;1-14-7-3-5(9)4(2-6(7)10)8(11,12)13;/h5-6,8H,2-4H2,1H3;2-3,14H,1H3;1H. The maximum atomic E-state index is 12.9. The Hall–Kier alpha value is -2.14. The Bertz CT molecular complexity index is 952. The van der Waals surface area contributed by atoms with Crippen LogP contribution in [0.4, 0.5) is 23.2 Å². The maximum absolute atomic E-state index is 12.9. The molecule has 0 saturated carbocycles. The van der Waals surface area contributed by atoms with Crippen LogP contribution in [0, 0.1) is 5.82 Å². The summed E-state index contributed by atoms with van der Waals surface area (Å²) in [6.45, 7) is 0. The van der Waals surface area contributed by atoms with Gasteiger partial charge in [0.25, 0.3) is 0 Å². The summed E-state index contributed by atoms with van der Waals surface area (Å²) in [5, 5.41) is 10.9. The lowest BCUT2D eigenvalue weighted by molar-refractivity contribution is -0.137. The molecule has 1 fully saturated rings. The first kappa shape index (κ1) is 22.5. The highest BCUT2D eigenvalue weighted by Crippen LogP contribution is 2.41. The fourth-order valence-electron chi connectivity index (χ4n) is 3.57. The summed E-state index contributed by atoms with van der Waals surface area (Å²) in [7, 11) is 1.39. The van der Waals surface area contributed by atoms with Gasteiger partial charge in [-0.1, -0.05) is 23.4 Å². The Morgan fingerprint density at radius 3 is 2.67 bits per heavy atom. The molecule has 2 aliphatic rings. The van der Waals surface area contributed by atoms with Crippen molar-refractivity contribution >= 4 is 35.5 Å². The van der Waals surface area contributed by atoms with Crippen molar-refractivity contribution in [2.75, 3.05) is 18.6 Å². The second kappa shape index (κ2) is 8.93. The number of anilines is 1. The van der Waals surface area contributed by atoms with Crippen molar-refractivity contribution < 1.29 is 23.8 Å². The molecule has 2 unspecified atom stereocenters. The number of alkyl halides is 3. The third-order valence-corrected chi connectivity index (χ3v) is 5.86. The van der Waals surface area contributed by atoms with Crippen molar-refractivity contribution in [2.45, 2.75) is 42.7 Å². The maximum Gasteiger partial charge on any atom is 0.417 e. The molecule has 30 heavy (non-hydrogen) atoms. The van der Waals surface area contributed by atoms with Crippen molar-refractivity contribution in [2.24, 2.45) is 0 Å². The molecule has 0 radical (unpaired) electrons. The second-order valence-corrected chi connectivity index (χ2v) is 7.87. The lowest BCUT2D eigenvalue weighted by Crippen LogP contribution is -2.37. The molecular weight excluding hydrogens is 446 g/mol. The molecule has 2 bridgehead atoms. The van der Waals surface area contributed by atoms with Crippen LogP contribution in [0.3, 0.4) is 0 Å². The van der Waals surface area contributed by atoms with Crippen molar-refractivity contribution in [1.82, 2.24) is 20.1 Å². The minimum atomic E-state index is -4.63. The number of fused-ring (bicyclic) bond motifs is 4. The van der Waals surface area contributed by atoms with Gasteiger partial charge in [0.05, 0.1) is 28.0 Å². The van der Waals surface area contributed by atoms with Crippen LogP contribution in [0.1, 0.15) is 37.3 Å². The van der Waals surface area contributed by atoms with E-state index in [2.05, 4.69) is 20.5 Å². The van der Waals surface area contributed by atoms with Gasteiger partial charge in [0, 0.05) is 20.9 Å². The highest BCUT2D eigenvalue weighted by atomic mass is 35.5. The van der Waals surface area contributed by atoms with Crippen molar-refractivity contribution in [3.05, 3.63) is 39.9 Å². The number of nitrogens with one attached hydrogen (secondary N) is 1. The Balaban J connectivity index is 0.000000216. The number of hydrogen-bond donors (Lipinski definition) is 1. The van der Waals surface area contributed by atoms with Gasteiger partial charge in [-0.2, -0.15) is 13.2 Å². The Morgan fingerprint density at radius 2 is 2.07 bits per heavy atom. The topological polar surface area (TPSA) is 71.0 Å². The third-order valence-electron chi connectivity index (χ3n) is 5.00. The van der Waals surface area contributed by atoms with Gasteiger partial charge in [-0.3, -0.25) is 4.79 Å². The van der Waals surface area contributed by atoms with Gasteiger partial charge in [-0.25, -0.2) is 9.37 Å². The number of amides is 1. The summed E-state index contributed by atoms with van der Waals surface area (Å²) >= 11 is 6.84. The van der Waals surface area contributed by atoms with E-state index in [1.165, 1.54) is 18.8 Å². The number of nitrogens with zero attached hydrogens (tertiary/aromatic N) is 4. The van der Waals surface area contributed by atoms with E-state index in [1.807, 2.05) is 11.2 Å². The summed E-state index contributed by atoms with van der Waals surface area (Å²) < 4.78 is 49.5. The molecule has 2 aromatic rings. The third kappa shape index (κ3) is 4.46. The minimum Gasteiger partial charge on any atom is -0.386 e. The molecule has 12 heteroatoms. The molecule has 0 aliphatic carbocycles. The number of rotatable bonds is 3. The number of carbonyl (C=O) groups is 1. The lowest BCUT2D eigenvalue weighted by atomic mass is 10.0. The molecule has 3 heterocycles. The summed E-state index contributed by atoms with van der Waals surface area (Å²) in [4.78, 5) is 17.4. The molecule has 1 aromatic heterocycles. The van der Waals surface area contributed by atoms with E-state index >= 15 is 0 Å². The average Bonchev–Trinajstić information content (AvgIpc) is 3.01. The van der Waals surface area contributed by atoms with Gasteiger partial charge < -0.3 is 10.2 Å². The number of thioether (sulfide) groups is 1. The van der Waals surface area contributed by atoms with Crippen LogP contribution in [0.25, 0.3) is 0 Å². The van der Waals surface area contributed by atoms with Crippen LogP contribution in [-0.4, -0.2) is 45.8 Å². The van der Waals surface area contributed by atoms with E-state index in [4.69, 9.17) is 11.6 Å². The van der Waals surface area contributed by atoms with E-state index in [1.54, 1.807) is 0 Å². The fourth-order valence-corrected chi connectivity index (χ4v) is 4.17. The molecule has 4 rings (SSSR count). The van der Waals surface area contributed by atoms with E-state index < -0.39 is 22.6 Å². The summed E-state index contributed by atoms with van der Waals surface area (Å²) in [5.74, 6) is -0.982. The largest absolute Gasteiger partial charge is 0.417 e. The Labute approximate surface area is 180 Å². The van der Waals surface area contributed by atoms with E-state index in [0.717, 1.165) is 48.3 Å². The molecule has 6 nitrogen and oxygen atoms in total. The van der Waals surface area contributed by atoms with Crippen LogP contribution in [0.15, 0.2) is 17.3 Å². The molecule has 0 spiro atoms. The quantitative estimate of drug-likeness (QED) is 0.406. The second-order valence-electron chi connectivity index (χ2n) is 6.69. The summed E-state index contributed by atoms with van der Waals surface area (Å²) in [6, 6.07) is 1.71. The first-order valence-electron chi connectivity index (χ1n) is 8.93. The lowest BCUT2D eigenvalue weighted by Gasteiger charge is -2.31. The van der Waals surface area contributed by atoms with Gasteiger partial charge in [0.1, 0.15) is 11.5 Å². The summed E-state index contributed by atoms with van der Waals surface area (Å²) in [6.07, 6.45) is 1.12. The van der Waals surface area contributed by atoms with E-state index in [0.29, 0.717) is 12.1 Å². The number of aromatic nitrogens is 3. The summed E-state index contributed by atoms with van der Waals surface area (Å²) in [5.41, 5.74) is 0.697. The van der Waals surface area contributed by atoms with E-state index in [9.17, 15) is 22.4 Å². The van der Waals surface area contributed by atoms with Crippen LogP contribution in [-0.2, 0) is 17.4 Å². The van der Waals surface area contributed by atoms with Crippen LogP contribution in [0.2, 0.25) is 5.02 Å². The van der Waals surface area contributed by atoms with E-state index in [-0.39, 0.29) is 13.2 Å². The monoisotopic (exact) mass is 465 g/mol. The van der Waals surface area contributed by atoms with Gasteiger partial charge in [0.2, 0.25) is 11.6 Å². The average molecular weight is 466 g/mol. The zero-order chi connectivity index (χ0) is 22.1. The molecular formula is C18H20ClF4N5OS. The number of hydrogen-bond acceptors (Lipinski definition) is 6. The Kier molecular flexibility index (Phi) is 6.71. The zero-order valence-electron chi connectivity index (χ0n) is 16.0. The molecule has 1 aromatic carbocycles. The zero-order valence-corrected chi connectivity index (χ0v) is 17.6. The smallest absolute Gasteiger partial charge is 0.386 e. The Morgan fingerprint density at radius 1 is 1.33 bits per heavy atom. The predicted octanol–water partition coefficient (Wildman–Crippen LogP) is 4.60. The molecule has 1 saturated heterocycles. The van der Waals surface area contributed by atoms with Crippen LogP contribution < -0.4 is 5.32 Å². The normalized spacial score (nSPS) is 19.6. The highest BCUT2D eigenvalue weighted by molar-refractivity contribution is 7.98. The molecule has 1 amide bonds. The predicted molar refractivity (Wildman–Crippen MR) is 107 cm³/mol. The number of halogens is 5. The van der Waals surface area contributed by atoms with Gasteiger partial charge in [0.15, 0.2) is 0 Å². The van der Waals surface area contributed by atoms with Crippen molar-refractivity contribution in [3.8, 4) is 0 Å². The van der Waals surface area contributed by atoms with Crippen molar-refractivity contribution in [1.29, 1.82) is 0 Å². The first-order valence-corrected chi connectivity index (χ1v) is 10.5. The van der Waals surface area contributed by atoms with Gasteiger partial charge in [-0.05, 0) is 31.2 Å². The SMILES string of the molecule is CNc1cc(Cl)c(C(F)(F)F)cc1F.CSc1nnc2c(n1)CC1CCC2N1C=O.[HH]. The number of carbonyl (C=O) groups excluding carboxylic acids is 1. The highest BCUT2D eigenvalue weighted by Gasteiger charge is 2.41. The molecule has 2 aliphatic heterocycles. The van der Waals surface area contributed by atoms with Crippen LogP contribution >= 0.6 is 23.4 Å². The molecule has 2 atom stereocenters. The molecule has 164 valence electrons. The minimum absolute atomic E-state index is 0. The fraction of sp³-hybridized carbons (Fsp3) is 0.444. The molecule has 1 N–H and O–H groups in total. The number of benzene rings is 1.